The minimum Gasteiger partial charge on any atom is -0.388 e. The molecular formula is C14H28N2O2. The molecule has 4 nitrogen and oxygen atoms in total. The first-order chi connectivity index (χ1) is 8.15. The third-order valence-electron chi connectivity index (χ3n) is 4.15. The topological polar surface area (TPSA) is 75.4 Å². The van der Waals surface area contributed by atoms with Crippen LogP contribution >= 0.6 is 0 Å². The Morgan fingerprint density at radius 3 is 2.22 bits per heavy atom. The van der Waals surface area contributed by atoms with Crippen LogP contribution in [0.15, 0.2) is 0 Å². The Labute approximate surface area is 110 Å². The summed E-state index contributed by atoms with van der Waals surface area (Å²) < 4.78 is 0. The second kappa shape index (κ2) is 5.57. The van der Waals surface area contributed by atoms with Crippen molar-refractivity contribution in [3.05, 3.63) is 0 Å². The van der Waals surface area contributed by atoms with Gasteiger partial charge in [-0.2, -0.15) is 0 Å². The molecule has 1 amide bonds. The second-order valence-electron chi connectivity index (χ2n) is 6.88. The highest BCUT2D eigenvalue weighted by Gasteiger charge is 2.37. The van der Waals surface area contributed by atoms with E-state index in [1.54, 1.807) is 0 Å². The van der Waals surface area contributed by atoms with Gasteiger partial charge in [0, 0.05) is 6.54 Å². The molecule has 1 aliphatic carbocycles. The minimum absolute atomic E-state index is 0.116. The van der Waals surface area contributed by atoms with Gasteiger partial charge in [0.05, 0.1) is 11.6 Å². The SMILES string of the molecule is CC(C)[C@@H](N)C(=O)NCC1(O)CCC(C)(C)CC1. The number of nitrogens with two attached hydrogens (primary N) is 1. The predicted molar refractivity (Wildman–Crippen MR) is 73.0 cm³/mol. The van der Waals surface area contributed by atoms with Gasteiger partial charge < -0.3 is 16.2 Å². The van der Waals surface area contributed by atoms with E-state index in [0.717, 1.165) is 25.7 Å². The van der Waals surface area contributed by atoms with E-state index >= 15 is 0 Å². The molecule has 1 rings (SSSR count). The van der Waals surface area contributed by atoms with Crippen molar-refractivity contribution >= 4 is 5.91 Å². The summed E-state index contributed by atoms with van der Waals surface area (Å²) in [6, 6.07) is -0.492. The van der Waals surface area contributed by atoms with Crippen LogP contribution < -0.4 is 11.1 Å². The fourth-order valence-electron chi connectivity index (χ4n) is 2.24. The fourth-order valence-corrected chi connectivity index (χ4v) is 2.24. The first-order valence-electron chi connectivity index (χ1n) is 6.91. The summed E-state index contributed by atoms with van der Waals surface area (Å²) in [5.41, 5.74) is 5.33. The van der Waals surface area contributed by atoms with Crippen molar-refractivity contribution in [1.82, 2.24) is 5.32 Å². The third kappa shape index (κ3) is 4.25. The van der Waals surface area contributed by atoms with Crippen LogP contribution in [-0.4, -0.2) is 29.2 Å². The van der Waals surface area contributed by atoms with Gasteiger partial charge in [-0.15, -0.1) is 0 Å². The number of carbonyl (C=O) groups is 1. The highest BCUT2D eigenvalue weighted by atomic mass is 16.3. The monoisotopic (exact) mass is 256 g/mol. The number of hydrogen-bond acceptors (Lipinski definition) is 3. The average molecular weight is 256 g/mol. The van der Waals surface area contributed by atoms with Crippen molar-refractivity contribution in [2.24, 2.45) is 17.1 Å². The Kier molecular flexibility index (Phi) is 4.78. The molecular weight excluding hydrogens is 228 g/mol. The largest absolute Gasteiger partial charge is 0.388 e. The molecule has 0 aromatic rings. The normalized spacial score (nSPS) is 23.7. The van der Waals surface area contributed by atoms with Crippen molar-refractivity contribution in [3.63, 3.8) is 0 Å². The zero-order valence-electron chi connectivity index (χ0n) is 12.1. The van der Waals surface area contributed by atoms with Gasteiger partial charge in [-0.25, -0.2) is 0 Å². The molecule has 1 aliphatic rings. The van der Waals surface area contributed by atoms with E-state index in [-0.39, 0.29) is 11.8 Å². The molecule has 0 aromatic heterocycles. The van der Waals surface area contributed by atoms with Crippen molar-refractivity contribution < 1.29 is 9.90 Å². The fraction of sp³-hybridized carbons (Fsp3) is 0.929. The Hall–Kier alpha value is -0.610. The van der Waals surface area contributed by atoms with Gasteiger partial charge in [0.2, 0.25) is 5.91 Å². The Balaban J connectivity index is 2.42. The Morgan fingerprint density at radius 1 is 1.28 bits per heavy atom. The second-order valence-corrected chi connectivity index (χ2v) is 6.88. The summed E-state index contributed by atoms with van der Waals surface area (Å²) in [6.45, 7) is 8.60. The van der Waals surface area contributed by atoms with Gasteiger partial charge >= 0.3 is 0 Å². The summed E-state index contributed by atoms with van der Waals surface area (Å²) in [4.78, 5) is 11.7. The highest BCUT2D eigenvalue weighted by molar-refractivity contribution is 5.81. The van der Waals surface area contributed by atoms with Gasteiger partial charge in [-0.05, 0) is 37.0 Å². The zero-order chi connectivity index (χ0) is 14.0. The summed E-state index contributed by atoms with van der Waals surface area (Å²) in [5, 5.41) is 13.2. The van der Waals surface area contributed by atoms with Crippen molar-refractivity contribution in [2.75, 3.05) is 6.54 Å². The van der Waals surface area contributed by atoms with E-state index in [1.807, 2.05) is 13.8 Å². The molecule has 0 aromatic carbocycles. The van der Waals surface area contributed by atoms with Crippen LogP contribution in [0, 0.1) is 11.3 Å². The predicted octanol–water partition coefficient (Wildman–Crippen LogP) is 1.42. The quantitative estimate of drug-likeness (QED) is 0.712. The number of hydrogen-bond donors (Lipinski definition) is 3. The van der Waals surface area contributed by atoms with Crippen LogP contribution in [0.3, 0.4) is 0 Å². The van der Waals surface area contributed by atoms with Crippen molar-refractivity contribution in [2.45, 2.75) is 65.0 Å². The van der Waals surface area contributed by atoms with Crippen molar-refractivity contribution in [3.8, 4) is 0 Å². The van der Waals surface area contributed by atoms with Crippen LogP contribution in [0.25, 0.3) is 0 Å². The van der Waals surface area contributed by atoms with E-state index in [2.05, 4.69) is 19.2 Å². The molecule has 0 heterocycles. The molecule has 4 heteroatoms. The lowest BCUT2D eigenvalue weighted by Crippen LogP contribution is -2.51. The molecule has 0 aliphatic heterocycles. The lowest BCUT2D eigenvalue weighted by Gasteiger charge is -2.40. The first-order valence-corrected chi connectivity index (χ1v) is 6.91. The van der Waals surface area contributed by atoms with Gasteiger partial charge in [0.25, 0.3) is 0 Å². The van der Waals surface area contributed by atoms with Crippen LogP contribution in [-0.2, 0) is 4.79 Å². The number of amides is 1. The molecule has 4 N–H and O–H groups in total. The lowest BCUT2D eigenvalue weighted by atomic mass is 9.71. The minimum atomic E-state index is -0.748. The number of aliphatic hydroxyl groups is 1. The van der Waals surface area contributed by atoms with Crippen molar-refractivity contribution in [1.29, 1.82) is 0 Å². The van der Waals surface area contributed by atoms with E-state index in [0.29, 0.717) is 12.0 Å². The number of rotatable bonds is 4. The van der Waals surface area contributed by atoms with E-state index < -0.39 is 11.6 Å². The van der Waals surface area contributed by atoms with E-state index in [4.69, 9.17) is 5.73 Å². The smallest absolute Gasteiger partial charge is 0.237 e. The van der Waals surface area contributed by atoms with Gasteiger partial charge in [-0.1, -0.05) is 27.7 Å². The Bertz CT molecular complexity index is 290. The maximum atomic E-state index is 11.7. The Morgan fingerprint density at radius 2 is 1.78 bits per heavy atom. The van der Waals surface area contributed by atoms with Crippen LogP contribution in [0.2, 0.25) is 0 Å². The zero-order valence-corrected chi connectivity index (χ0v) is 12.1. The lowest BCUT2D eigenvalue weighted by molar-refractivity contribution is -0.125. The maximum Gasteiger partial charge on any atom is 0.237 e. The molecule has 0 bridgehead atoms. The summed E-state index contributed by atoms with van der Waals surface area (Å²) in [6.07, 6.45) is 3.49. The number of carbonyl (C=O) groups excluding carboxylic acids is 1. The molecule has 0 unspecified atom stereocenters. The van der Waals surface area contributed by atoms with E-state index in [1.165, 1.54) is 0 Å². The molecule has 0 saturated heterocycles. The van der Waals surface area contributed by atoms with Gasteiger partial charge in [0.1, 0.15) is 0 Å². The molecule has 1 atom stereocenters. The highest BCUT2D eigenvalue weighted by Crippen LogP contribution is 2.39. The van der Waals surface area contributed by atoms with Crippen LogP contribution in [0.1, 0.15) is 53.4 Å². The molecule has 0 radical (unpaired) electrons. The summed E-state index contributed by atoms with van der Waals surface area (Å²) >= 11 is 0. The first kappa shape index (κ1) is 15.4. The maximum absolute atomic E-state index is 11.7. The summed E-state index contributed by atoms with van der Waals surface area (Å²) in [5.74, 6) is -0.0480. The van der Waals surface area contributed by atoms with E-state index in [9.17, 15) is 9.90 Å². The molecule has 18 heavy (non-hydrogen) atoms. The number of nitrogens with one attached hydrogen (secondary N) is 1. The van der Waals surface area contributed by atoms with Crippen LogP contribution in [0.4, 0.5) is 0 Å². The molecule has 106 valence electrons. The standard InChI is InChI=1S/C14H28N2O2/c1-10(2)11(15)12(17)16-9-14(18)7-5-13(3,4)6-8-14/h10-11,18H,5-9,15H2,1-4H3,(H,16,17)/t11-/m1/s1. The molecule has 1 fully saturated rings. The van der Waals surface area contributed by atoms with Gasteiger partial charge in [-0.3, -0.25) is 4.79 Å². The average Bonchev–Trinajstić information content (AvgIpc) is 2.30. The molecule has 1 saturated carbocycles. The summed E-state index contributed by atoms with van der Waals surface area (Å²) in [7, 11) is 0. The third-order valence-corrected chi connectivity index (χ3v) is 4.15. The molecule has 0 spiro atoms. The van der Waals surface area contributed by atoms with Gasteiger partial charge in [0.15, 0.2) is 0 Å². The van der Waals surface area contributed by atoms with Crippen LogP contribution in [0.5, 0.6) is 0 Å².